The first kappa shape index (κ1) is 20.9. The zero-order valence-corrected chi connectivity index (χ0v) is 14.0. The van der Waals surface area contributed by atoms with Crippen LogP contribution >= 0.6 is 69.6 Å². The Morgan fingerprint density at radius 1 is 0.900 bits per heavy atom. The molecule has 0 fully saturated rings. The molecule has 0 unspecified atom stereocenters. The second-order valence-electron chi connectivity index (χ2n) is 3.09. The molecular weight excluding hydrogens is 405 g/mol. The van der Waals surface area contributed by atoms with Crippen molar-refractivity contribution in [2.24, 2.45) is 0 Å². The van der Waals surface area contributed by atoms with Crippen molar-refractivity contribution in [2.75, 3.05) is 13.5 Å². The number of halogens is 6. The summed E-state index contributed by atoms with van der Waals surface area (Å²) in [7, 11) is 0. The summed E-state index contributed by atoms with van der Waals surface area (Å²) in [6.45, 7) is -0.901. The van der Waals surface area contributed by atoms with Gasteiger partial charge in [0.25, 0.3) is 0 Å². The number of hydrogen-bond acceptors (Lipinski definition) is 5. The molecule has 7 nitrogen and oxygen atoms in total. The van der Waals surface area contributed by atoms with E-state index in [1.165, 1.54) is 0 Å². The molecule has 0 saturated carbocycles. The summed E-state index contributed by atoms with van der Waals surface area (Å²) in [5.74, 6) is 0. The molecule has 0 aliphatic carbocycles. The van der Waals surface area contributed by atoms with Crippen molar-refractivity contribution in [3.63, 3.8) is 0 Å². The van der Waals surface area contributed by atoms with Gasteiger partial charge in [-0.3, -0.25) is 0 Å². The van der Waals surface area contributed by atoms with Gasteiger partial charge in [-0.05, 0) is 0 Å². The molecule has 2 amide bonds. The van der Waals surface area contributed by atoms with Crippen molar-refractivity contribution in [2.45, 2.75) is 20.2 Å². The molecule has 13 heteroatoms. The van der Waals surface area contributed by atoms with Gasteiger partial charge < -0.3 is 30.3 Å². The van der Waals surface area contributed by atoms with Crippen LogP contribution in [0.2, 0.25) is 0 Å². The largest absolute Gasteiger partial charge is 0.364 e. The number of carbonyl (C=O) groups excluding carboxylic acids is 1. The predicted molar refractivity (Wildman–Crippen MR) is 76.2 cm³/mol. The number of urea groups is 1. The Morgan fingerprint density at radius 2 is 1.20 bits per heavy atom. The van der Waals surface area contributed by atoms with Gasteiger partial charge in [0.15, 0.2) is 0 Å². The highest BCUT2D eigenvalue weighted by molar-refractivity contribution is 6.68. The molecule has 120 valence electrons. The Hall–Kier alpha value is 0.850. The highest BCUT2D eigenvalue weighted by Gasteiger charge is 2.32. The van der Waals surface area contributed by atoms with Crippen molar-refractivity contribution in [1.29, 1.82) is 0 Å². The van der Waals surface area contributed by atoms with Gasteiger partial charge >= 0.3 is 6.03 Å². The Labute approximate surface area is 144 Å². The van der Waals surface area contributed by atoms with Gasteiger partial charge in [0.2, 0.25) is 20.2 Å². The van der Waals surface area contributed by atoms with Crippen LogP contribution in [0.1, 0.15) is 0 Å². The number of aliphatic hydroxyl groups excluding tert-OH is 2. The van der Waals surface area contributed by atoms with Crippen molar-refractivity contribution < 1.29 is 24.5 Å². The molecule has 4 N–H and O–H groups in total. The summed E-state index contributed by atoms with van der Waals surface area (Å²) in [4.78, 5) is 11.2. The van der Waals surface area contributed by atoms with E-state index in [9.17, 15) is 4.79 Å². The molecular formula is C7H10Cl6N2O5. The summed E-state index contributed by atoms with van der Waals surface area (Å²) in [5.41, 5.74) is 0. The average molecular weight is 415 g/mol. The molecule has 0 rings (SSSR count). The number of hydrogen-bond donors (Lipinski definition) is 4. The Balaban J connectivity index is 3.76. The van der Waals surface area contributed by atoms with Crippen LogP contribution in [-0.4, -0.2) is 49.9 Å². The first-order valence-electron chi connectivity index (χ1n) is 4.69. The van der Waals surface area contributed by atoms with Crippen LogP contribution in [0.25, 0.3) is 0 Å². The molecule has 0 aliphatic rings. The van der Waals surface area contributed by atoms with Crippen LogP contribution in [0.4, 0.5) is 4.79 Å². The quantitative estimate of drug-likeness (QED) is 0.391. The molecule has 2 atom stereocenters. The van der Waals surface area contributed by atoms with Crippen LogP contribution in [0.5, 0.6) is 0 Å². The van der Waals surface area contributed by atoms with Crippen LogP contribution in [0, 0.1) is 0 Å². The maximum absolute atomic E-state index is 11.2. The molecule has 0 aromatic rings. The highest BCUT2D eigenvalue weighted by Crippen LogP contribution is 2.31. The first-order valence-corrected chi connectivity index (χ1v) is 6.96. The van der Waals surface area contributed by atoms with Crippen molar-refractivity contribution in [3.05, 3.63) is 0 Å². The highest BCUT2D eigenvalue weighted by atomic mass is 35.6. The van der Waals surface area contributed by atoms with E-state index in [0.29, 0.717) is 0 Å². The van der Waals surface area contributed by atoms with Crippen molar-refractivity contribution >= 4 is 75.6 Å². The van der Waals surface area contributed by atoms with Gasteiger partial charge in [0.1, 0.15) is 13.5 Å². The van der Waals surface area contributed by atoms with Crippen molar-refractivity contribution in [3.8, 4) is 0 Å². The topological polar surface area (TPSA) is 100 Å². The Kier molecular flexibility index (Phi) is 9.48. The number of nitrogens with one attached hydrogen (secondary N) is 2. The molecule has 20 heavy (non-hydrogen) atoms. The zero-order valence-electron chi connectivity index (χ0n) is 9.46. The lowest BCUT2D eigenvalue weighted by Gasteiger charge is -2.20. The normalized spacial score (nSPS) is 15.6. The van der Waals surface area contributed by atoms with Gasteiger partial charge in [0.05, 0.1) is 0 Å². The third-order valence-corrected chi connectivity index (χ3v) is 2.63. The number of alkyl halides is 6. The lowest BCUT2D eigenvalue weighted by molar-refractivity contribution is -0.102. The average Bonchev–Trinajstić information content (AvgIpc) is 2.26. The van der Waals surface area contributed by atoms with E-state index in [1.807, 2.05) is 0 Å². The van der Waals surface area contributed by atoms with Gasteiger partial charge in [-0.25, -0.2) is 4.79 Å². The number of carbonyl (C=O) groups is 1. The van der Waals surface area contributed by atoms with E-state index in [2.05, 4.69) is 20.1 Å². The first-order chi connectivity index (χ1) is 8.94. The van der Waals surface area contributed by atoms with E-state index in [0.717, 1.165) is 0 Å². The lowest BCUT2D eigenvalue weighted by atomic mass is 10.7. The Morgan fingerprint density at radius 3 is 1.45 bits per heavy atom. The molecule has 0 aromatic heterocycles. The summed E-state index contributed by atoms with van der Waals surface area (Å²) >= 11 is 31.8. The van der Waals surface area contributed by atoms with E-state index in [1.54, 1.807) is 0 Å². The standard InChI is InChI=1S/C7H10Cl6N2O5/c8-6(9,10)3(16)19-1-14-5(18)15-2-20-4(17)7(11,12)13/h3-4,16-17H,1-2H2,(H2,14,15,18)/t3-,4-/m1/s1. The second-order valence-corrected chi connectivity index (χ2v) is 7.83. The SMILES string of the molecule is O=C(NCO[C@@H](O)C(Cl)(Cl)Cl)NCO[C@@H](O)C(Cl)(Cl)Cl. The van der Waals surface area contributed by atoms with E-state index in [4.69, 9.17) is 79.8 Å². The lowest BCUT2D eigenvalue weighted by Crippen LogP contribution is -2.42. The summed E-state index contributed by atoms with van der Waals surface area (Å²) in [6, 6.07) is -0.766. The fraction of sp³-hybridized carbons (Fsp3) is 0.857. The van der Waals surface area contributed by atoms with E-state index >= 15 is 0 Å². The maximum atomic E-state index is 11.2. The maximum Gasteiger partial charge on any atom is 0.318 e. The van der Waals surface area contributed by atoms with Crippen LogP contribution < -0.4 is 10.6 Å². The number of amides is 2. The molecule has 0 radical (unpaired) electrons. The molecule has 0 bridgehead atoms. The Bertz CT molecular complexity index is 281. The minimum absolute atomic E-state index is 0.450. The number of rotatable bonds is 6. The third-order valence-electron chi connectivity index (χ3n) is 1.51. The van der Waals surface area contributed by atoms with E-state index in [-0.39, 0.29) is 0 Å². The van der Waals surface area contributed by atoms with Gasteiger partial charge in [-0.15, -0.1) is 0 Å². The van der Waals surface area contributed by atoms with Gasteiger partial charge in [0, 0.05) is 0 Å². The molecule has 0 heterocycles. The van der Waals surface area contributed by atoms with Gasteiger partial charge in [-0.2, -0.15) is 0 Å². The smallest absolute Gasteiger partial charge is 0.318 e. The fourth-order valence-electron chi connectivity index (χ4n) is 0.624. The minimum atomic E-state index is -2.05. The second kappa shape index (κ2) is 9.09. The summed E-state index contributed by atoms with van der Waals surface area (Å²) in [5, 5.41) is 22.5. The molecule has 0 aromatic carbocycles. The van der Waals surface area contributed by atoms with Gasteiger partial charge in [-0.1, -0.05) is 69.6 Å². The fourth-order valence-corrected chi connectivity index (χ4v) is 1.00. The van der Waals surface area contributed by atoms with Crippen molar-refractivity contribution in [1.82, 2.24) is 10.6 Å². The monoisotopic (exact) mass is 412 g/mol. The molecule has 0 saturated heterocycles. The summed E-state index contributed by atoms with van der Waals surface area (Å²) in [6.07, 6.45) is -3.45. The number of aliphatic hydroxyl groups is 2. The number of ether oxygens (including phenoxy) is 2. The van der Waals surface area contributed by atoms with Crippen LogP contribution in [-0.2, 0) is 9.47 Å². The zero-order chi connectivity index (χ0) is 16.0. The summed E-state index contributed by atoms with van der Waals surface area (Å²) < 4.78 is 5.09. The van der Waals surface area contributed by atoms with Crippen LogP contribution in [0.3, 0.4) is 0 Å². The molecule has 0 aliphatic heterocycles. The predicted octanol–water partition coefficient (Wildman–Crippen LogP) is 1.61. The molecule has 0 spiro atoms. The third kappa shape index (κ3) is 9.73. The van der Waals surface area contributed by atoms with Crippen LogP contribution in [0.15, 0.2) is 0 Å². The van der Waals surface area contributed by atoms with E-state index < -0.39 is 39.7 Å². The minimum Gasteiger partial charge on any atom is -0.364 e.